The molecule has 0 bridgehead atoms. The summed E-state index contributed by atoms with van der Waals surface area (Å²) in [4.78, 5) is 17.7. The maximum absolute atomic E-state index is 13.5. The Labute approximate surface area is 225 Å². The molecule has 1 saturated heterocycles. The number of thiophene rings is 1. The topological polar surface area (TPSA) is 91.7 Å². The van der Waals surface area contributed by atoms with Gasteiger partial charge in [-0.3, -0.25) is 9.69 Å². The molecule has 3 aromatic rings. The number of rotatable bonds is 7. The van der Waals surface area contributed by atoms with Crippen LogP contribution in [-0.2, 0) is 16.1 Å². The molecule has 3 aliphatic rings. The minimum atomic E-state index is -1.11. The maximum atomic E-state index is 13.5. The molecule has 3 aliphatic heterocycles. The fourth-order valence-corrected chi connectivity index (χ4v) is 6.64. The number of fused-ring (bicyclic) bond motifs is 2. The molecule has 38 heavy (non-hydrogen) atoms. The Morgan fingerprint density at radius 3 is 2.71 bits per heavy atom. The molecule has 2 aromatic carbocycles. The van der Waals surface area contributed by atoms with Gasteiger partial charge in [0.2, 0.25) is 13.1 Å². The van der Waals surface area contributed by atoms with Crippen LogP contribution in [0.3, 0.4) is 0 Å². The van der Waals surface area contributed by atoms with Crippen LogP contribution in [-0.4, -0.2) is 71.8 Å². The van der Waals surface area contributed by atoms with E-state index in [1.807, 2.05) is 35.2 Å². The zero-order valence-corrected chi connectivity index (χ0v) is 21.9. The zero-order chi connectivity index (χ0) is 26.1. The number of nitrogens with zero attached hydrogens (tertiary/aromatic N) is 2. The summed E-state index contributed by atoms with van der Waals surface area (Å²) in [5.74, 6) is 1.17. The summed E-state index contributed by atoms with van der Waals surface area (Å²) in [6, 6.07) is 14.2. The number of allylic oxidation sites excluding steroid dienone is 1. The Hall–Kier alpha value is -3.11. The maximum Gasteiger partial charge on any atom is 0.288 e. The van der Waals surface area contributed by atoms with Crippen LogP contribution >= 0.6 is 11.3 Å². The van der Waals surface area contributed by atoms with Gasteiger partial charge in [0.1, 0.15) is 0 Å². The van der Waals surface area contributed by atoms with Gasteiger partial charge in [-0.15, -0.1) is 11.3 Å². The summed E-state index contributed by atoms with van der Waals surface area (Å²) in [6.45, 7) is 3.74. The van der Waals surface area contributed by atoms with Gasteiger partial charge in [-0.1, -0.05) is 24.3 Å². The third-order valence-corrected chi connectivity index (χ3v) is 8.67. The number of carbonyl (C=O) groups is 1. The number of carbonyl (C=O) groups excluding carboxylic acids is 1. The van der Waals surface area contributed by atoms with E-state index >= 15 is 0 Å². The van der Waals surface area contributed by atoms with E-state index in [0.29, 0.717) is 25.9 Å². The Morgan fingerprint density at radius 2 is 1.87 bits per heavy atom. The molecule has 8 nitrogen and oxygen atoms in total. The Bertz CT molecular complexity index is 1330. The van der Waals surface area contributed by atoms with E-state index in [-0.39, 0.29) is 36.9 Å². The first kappa shape index (κ1) is 25.2. The van der Waals surface area contributed by atoms with E-state index in [4.69, 9.17) is 14.2 Å². The van der Waals surface area contributed by atoms with Crippen molar-refractivity contribution in [3.05, 3.63) is 70.8 Å². The van der Waals surface area contributed by atoms with E-state index in [9.17, 15) is 15.0 Å². The molecular formula is C29H32N2O6S. The Balaban J connectivity index is 1.16. The van der Waals surface area contributed by atoms with Crippen molar-refractivity contribution in [1.29, 1.82) is 0 Å². The second-order valence-corrected chi connectivity index (χ2v) is 10.9. The van der Waals surface area contributed by atoms with Crippen LogP contribution in [0.1, 0.15) is 29.9 Å². The van der Waals surface area contributed by atoms with Gasteiger partial charge in [-0.05, 0) is 59.0 Å². The average molecular weight is 537 g/mol. The van der Waals surface area contributed by atoms with E-state index in [2.05, 4.69) is 28.5 Å². The predicted molar refractivity (Wildman–Crippen MR) is 144 cm³/mol. The zero-order valence-electron chi connectivity index (χ0n) is 21.1. The van der Waals surface area contributed by atoms with Crippen molar-refractivity contribution in [2.24, 2.45) is 5.92 Å². The number of amides is 1. The lowest BCUT2D eigenvalue weighted by Crippen LogP contribution is -2.49. The Kier molecular flexibility index (Phi) is 7.25. The summed E-state index contributed by atoms with van der Waals surface area (Å²) < 4.78 is 17.9. The minimum absolute atomic E-state index is 0.0480. The van der Waals surface area contributed by atoms with Gasteiger partial charge in [0.05, 0.1) is 0 Å². The second-order valence-electron chi connectivity index (χ2n) is 10.0. The van der Waals surface area contributed by atoms with Gasteiger partial charge in [0.25, 0.3) is 5.91 Å². The molecular weight excluding hydrogens is 504 g/mol. The molecule has 0 unspecified atom stereocenters. The van der Waals surface area contributed by atoms with E-state index < -0.39 is 6.29 Å². The summed E-state index contributed by atoms with van der Waals surface area (Å²) in [6.07, 6.45) is 1.95. The summed E-state index contributed by atoms with van der Waals surface area (Å²) >= 11 is 1.66. The molecule has 0 aliphatic carbocycles. The fraction of sp³-hybridized carbons (Fsp3) is 0.414. The highest BCUT2D eigenvalue weighted by Gasteiger charge is 2.38. The number of piperazine rings is 1. The highest BCUT2D eigenvalue weighted by molar-refractivity contribution is 7.17. The first-order chi connectivity index (χ1) is 18.6. The number of hydrogen-bond acceptors (Lipinski definition) is 8. The monoisotopic (exact) mass is 536 g/mol. The summed E-state index contributed by atoms with van der Waals surface area (Å²) in [5.41, 5.74) is 2.24. The van der Waals surface area contributed by atoms with Crippen LogP contribution in [0, 0.1) is 5.92 Å². The quantitative estimate of drug-likeness (QED) is 0.476. The number of benzene rings is 2. The van der Waals surface area contributed by atoms with E-state index in [1.54, 1.807) is 11.3 Å². The highest BCUT2D eigenvalue weighted by Crippen LogP contribution is 2.43. The van der Waals surface area contributed by atoms with Crippen molar-refractivity contribution >= 4 is 27.3 Å². The van der Waals surface area contributed by atoms with Crippen molar-refractivity contribution in [2.45, 2.75) is 31.6 Å². The van der Waals surface area contributed by atoms with Crippen LogP contribution in [0.15, 0.2) is 59.7 Å². The second kappa shape index (κ2) is 10.9. The fourth-order valence-electron chi connectivity index (χ4n) is 5.63. The number of ether oxygens (including phenoxy) is 3. The van der Waals surface area contributed by atoms with Gasteiger partial charge in [-0.2, -0.15) is 0 Å². The third kappa shape index (κ3) is 4.99. The molecule has 0 spiro atoms. The molecule has 3 atom stereocenters. The van der Waals surface area contributed by atoms with Crippen molar-refractivity contribution in [3.8, 4) is 11.5 Å². The molecule has 1 amide bonds. The lowest BCUT2D eigenvalue weighted by molar-refractivity contribution is -0.151. The van der Waals surface area contributed by atoms with Crippen LogP contribution in [0.25, 0.3) is 10.1 Å². The molecule has 1 fully saturated rings. The van der Waals surface area contributed by atoms with E-state index in [1.165, 1.54) is 4.70 Å². The molecule has 6 rings (SSSR count). The van der Waals surface area contributed by atoms with Crippen molar-refractivity contribution in [2.75, 3.05) is 39.6 Å². The molecule has 4 heterocycles. The van der Waals surface area contributed by atoms with Gasteiger partial charge in [0, 0.05) is 55.9 Å². The number of hydrogen-bond donors (Lipinski definition) is 2. The van der Waals surface area contributed by atoms with Crippen LogP contribution in [0.5, 0.6) is 11.5 Å². The van der Waals surface area contributed by atoms with Gasteiger partial charge < -0.3 is 29.3 Å². The third-order valence-electron chi connectivity index (χ3n) is 7.69. The van der Waals surface area contributed by atoms with Crippen molar-refractivity contribution in [1.82, 2.24) is 9.80 Å². The van der Waals surface area contributed by atoms with Gasteiger partial charge in [-0.25, -0.2) is 0 Å². The summed E-state index contributed by atoms with van der Waals surface area (Å²) in [5, 5.41) is 23.7. The van der Waals surface area contributed by atoms with Crippen molar-refractivity contribution < 1.29 is 29.2 Å². The molecule has 1 aromatic heterocycles. The number of aliphatic hydroxyl groups is 2. The standard InChI is InChI=1S/C29H32N2O6S/c32-13-3-5-21-22(23-17-38-27-6-2-1-4-20(23)27)15-26(37-29(21)34)28(33)31-11-9-30(10-12-31)16-19-7-8-24-25(14-19)36-18-35-24/h1-2,4,6-8,14-15,17,21-22,29,32,34H,3,5,9-13,16,18H2/t21-,22+,29-/m1/s1. The SMILES string of the molecule is O=C(C1=C[C@H](c2csc3ccccc23)[C@@H](CCCO)[C@H](O)O1)N1CCN(Cc2ccc3c(c2)OCO3)CC1. The van der Waals surface area contributed by atoms with Crippen LogP contribution in [0.4, 0.5) is 0 Å². The van der Waals surface area contributed by atoms with Crippen LogP contribution < -0.4 is 9.47 Å². The van der Waals surface area contributed by atoms with Gasteiger partial charge in [0.15, 0.2) is 17.3 Å². The first-order valence-corrected chi connectivity index (χ1v) is 14.0. The highest BCUT2D eigenvalue weighted by atomic mass is 32.1. The first-order valence-electron chi connectivity index (χ1n) is 13.1. The molecule has 9 heteroatoms. The lowest BCUT2D eigenvalue weighted by atomic mass is 9.80. The van der Waals surface area contributed by atoms with Crippen LogP contribution in [0.2, 0.25) is 0 Å². The largest absolute Gasteiger partial charge is 0.459 e. The number of aliphatic hydroxyl groups excluding tert-OH is 2. The van der Waals surface area contributed by atoms with E-state index in [0.717, 1.165) is 47.6 Å². The minimum Gasteiger partial charge on any atom is -0.459 e. The molecule has 2 N–H and O–H groups in total. The lowest BCUT2D eigenvalue weighted by Gasteiger charge is -2.38. The normalized spacial score (nSPS) is 23.4. The molecule has 0 saturated carbocycles. The van der Waals surface area contributed by atoms with Crippen molar-refractivity contribution in [3.63, 3.8) is 0 Å². The van der Waals surface area contributed by atoms with Gasteiger partial charge >= 0.3 is 0 Å². The molecule has 0 radical (unpaired) electrons. The average Bonchev–Trinajstić information content (AvgIpc) is 3.59. The summed E-state index contributed by atoms with van der Waals surface area (Å²) in [7, 11) is 0. The molecule has 200 valence electrons. The smallest absolute Gasteiger partial charge is 0.288 e. The predicted octanol–water partition coefficient (Wildman–Crippen LogP) is 3.68. The Morgan fingerprint density at radius 1 is 1.05 bits per heavy atom.